The summed E-state index contributed by atoms with van der Waals surface area (Å²) in [6.45, 7) is 1.46. The van der Waals surface area contributed by atoms with E-state index in [2.05, 4.69) is 10.2 Å². The lowest BCUT2D eigenvalue weighted by molar-refractivity contribution is -0.232. The van der Waals surface area contributed by atoms with Crippen LogP contribution in [0.5, 0.6) is 5.75 Å². The van der Waals surface area contributed by atoms with E-state index in [1.54, 1.807) is 0 Å². The molecule has 19 nitrogen and oxygen atoms in total. The number of nitrogens with zero attached hydrogens (tertiary/aromatic N) is 3. The molecule has 0 radical (unpaired) electrons. The van der Waals surface area contributed by atoms with Gasteiger partial charge in [-0.25, -0.2) is 4.79 Å². The molecular formula is C40H52F3N7O12. The first-order chi connectivity index (χ1) is 29.4. The van der Waals surface area contributed by atoms with E-state index >= 15 is 0 Å². The number of benzene rings is 2. The van der Waals surface area contributed by atoms with Gasteiger partial charge >= 0.3 is 11.9 Å². The molecule has 22 heteroatoms. The Kier molecular flexibility index (Phi) is 15.1. The fourth-order valence-electron chi connectivity index (χ4n) is 7.84. The van der Waals surface area contributed by atoms with Crippen molar-refractivity contribution in [2.45, 2.75) is 106 Å². The number of hydrogen-bond donors (Lipinski definition) is 8. The van der Waals surface area contributed by atoms with Crippen LogP contribution in [0.3, 0.4) is 0 Å². The Morgan fingerprint density at radius 1 is 0.968 bits per heavy atom. The van der Waals surface area contributed by atoms with Crippen LogP contribution in [0.4, 0.5) is 18.9 Å². The zero-order valence-electron chi connectivity index (χ0n) is 33.7. The molecule has 3 fully saturated rings. The zero-order valence-corrected chi connectivity index (χ0v) is 33.7. The Bertz CT molecular complexity index is 2080. The normalized spacial score (nSPS) is 26.7. The minimum Gasteiger partial charge on any atom is -0.490 e. The summed E-state index contributed by atoms with van der Waals surface area (Å²) in [5.74, 6) is -0.892. The van der Waals surface area contributed by atoms with Gasteiger partial charge in [0.2, 0.25) is 11.8 Å². The summed E-state index contributed by atoms with van der Waals surface area (Å²) in [5.41, 5.74) is 10.9. The highest BCUT2D eigenvalue weighted by Crippen LogP contribution is 2.36. The minimum absolute atomic E-state index is 0.0240. The second-order valence-electron chi connectivity index (χ2n) is 15.6. The largest absolute Gasteiger partial charge is 0.490 e. The van der Waals surface area contributed by atoms with Gasteiger partial charge in [0.05, 0.1) is 5.56 Å². The predicted molar refractivity (Wildman–Crippen MR) is 212 cm³/mol. The molecule has 0 bridgehead atoms. The summed E-state index contributed by atoms with van der Waals surface area (Å²) < 4.78 is 62.9. The minimum atomic E-state index is -4.41. The SMILES string of the molecule is CN(CCCC(=O)NCc1ccc(N2CCC(Oc3ccc(C(F)(F)F)cc3)CC2)cc1)[C@H](C(N)=O)[C@H](O[C@@H]1O[C@H](CN)[C@@H](O)[C@H]1O)C1OC(n2ccc(=O)[nH]c2=O)[C@H](O)[C@@H]1O. The van der Waals surface area contributed by atoms with Crippen LogP contribution in [0.25, 0.3) is 0 Å². The van der Waals surface area contributed by atoms with E-state index in [1.165, 1.54) is 24.1 Å². The summed E-state index contributed by atoms with van der Waals surface area (Å²) in [4.78, 5) is 55.9. The predicted octanol–water partition coefficient (Wildman–Crippen LogP) is -1.10. The molecule has 4 heterocycles. The number of carbonyl (C=O) groups excluding carboxylic acids is 2. The molecule has 0 aliphatic carbocycles. The van der Waals surface area contributed by atoms with Crippen molar-refractivity contribution in [3.63, 3.8) is 0 Å². The number of aromatic amines is 1. The van der Waals surface area contributed by atoms with E-state index in [1.807, 2.05) is 29.2 Å². The van der Waals surface area contributed by atoms with Crippen LogP contribution in [0.15, 0.2) is 70.4 Å². The molecule has 3 saturated heterocycles. The van der Waals surface area contributed by atoms with Crippen LogP contribution in [0.2, 0.25) is 0 Å². The van der Waals surface area contributed by atoms with Gasteiger partial charge in [-0.3, -0.25) is 28.8 Å². The average molecular weight is 880 g/mol. The van der Waals surface area contributed by atoms with Crippen molar-refractivity contribution in [1.29, 1.82) is 0 Å². The summed E-state index contributed by atoms with van der Waals surface area (Å²) in [5, 5.41) is 46.2. The lowest BCUT2D eigenvalue weighted by atomic mass is 9.97. The fourth-order valence-corrected chi connectivity index (χ4v) is 7.84. The molecule has 2 unspecified atom stereocenters. The number of aliphatic hydroxyl groups excluding tert-OH is 4. The molecule has 6 rings (SSSR count). The quantitative estimate of drug-likeness (QED) is 0.0799. The van der Waals surface area contributed by atoms with Crippen LogP contribution in [-0.2, 0) is 36.5 Å². The molecule has 62 heavy (non-hydrogen) atoms. The number of H-pyrrole nitrogens is 1. The maximum atomic E-state index is 13.1. The maximum absolute atomic E-state index is 13.1. The highest BCUT2D eigenvalue weighted by molar-refractivity contribution is 5.80. The van der Waals surface area contributed by atoms with E-state index in [9.17, 15) is 52.8 Å². The van der Waals surface area contributed by atoms with Crippen LogP contribution in [0, 0.1) is 0 Å². The molecular weight excluding hydrogens is 827 g/mol. The standard InChI is InChI=1S/C40H52F3N7O12/c1-48(15-2-3-27(51)46-20-21-4-8-23(9-5-21)49-16-12-25(13-17-49)59-24-10-6-22(7-11-24)40(41,42)43)29(36(45)57)34(62-38-33(56)30(53)26(19-44)60-38)35-31(54)32(55)37(61-35)50-18-14-28(52)47-39(50)58/h4-11,14,18,25-26,29-35,37-38,53-56H,2-3,12-13,15-17,19-20,44H2,1H3,(H2,45,57)(H,46,51)(H,47,52,58)/t26-,29+,30-,31+,32-,33-,34+,35?,37?,38+/m1/s1. The van der Waals surface area contributed by atoms with E-state index < -0.39 is 90.2 Å². The first kappa shape index (κ1) is 46.6. The van der Waals surface area contributed by atoms with Crippen molar-refractivity contribution in [2.75, 3.05) is 38.1 Å². The van der Waals surface area contributed by atoms with Gasteiger partial charge in [0, 0.05) is 63.4 Å². The lowest BCUT2D eigenvalue weighted by Gasteiger charge is -2.37. The van der Waals surface area contributed by atoms with Gasteiger partial charge in [-0.2, -0.15) is 13.2 Å². The Morgan fingerprint density at radius 3 is 2.24 bits per heavy atom. The second-order valence-corrected chi connectivity index (χ2v) is 15.6. The number of ether oxygens (including phenoxy) is 4. The number of amides is 2. The van der Waals surface area contributed by atoms with E-state index in [4.69, 9.17) is 30.4 Å². The number of primary amides is 1. The number of carbonyl (C=O) groups is 2. The zero-order chi connectivity index (χ0) is 44.9. The molecule has 3 aliphatic heterocycles. The van der Waals surface area contributed by atoms with Gasteiger partial charge in [-0.05, 0) is 62.0 Å². The third-order valence-corrected chi connectivity index (χ3v) is 11.3. The average Bonchev–Trinajstić information content (AvgIpc) is 3.68. The number of likely N-dealkylation sites (N-methyl/N-ethyl adjacent to an activating group) is 1. The van der Waals surface area contributed by atoms with E-state index in [0.717, 1.165) is 40.2 Å². The van der Waals surface area contributed by atoms with Crippen molar-refractivity contribution >= 4 is 17.5 Å². The summed E-state index contributed by atoms with van der Waals surface area (Å²) in [7, 11) is 1.49. The van der Waals surface area contributed by atoms with Gasteiger partial charge < -0.3 is 61.1 Å². The number of alkyl halides is 3. The third kappa shape index (κ3) is 11.0. The van der Waals surface area contributed by atoms with Crippen molar-refractivity contribution in [1.82, 2.24) is 19.8 Å². The first-order valence-electron chi connectivity index (χ1n) is 20.1. The van der Waals surface area contributed by atoms with Crippen LogP contribution in [-0.4, -0.2) is 141 Å². The third-order valence-electron chi connectivity index (χ3n) is 11.3. The second kappa shape index (κ2) is 20.1. The fraction of sp³-hybridized carbons (Fsp3) is 0.550. The Labute approximate surface area is 352 Å². The molecule has 0 spiro atoms. The number of halogens is 3. The number of hydrogen-bond acceptors (Lipinski definition) is 15. The highest BCUT2D eigenvalue weighted by atomic mass is 19.4. The molecule has 10 atom stereocenters. The number of aliphatic hydroxyl groups is 4. The summed E-state index contributed by atoms with van der Waals surface area (Å²) in [6.07, 6.45) is -16.1. The Morgan fingerprint density at radius 2 is 1.65 bits per heavy atom. The Hall–Kier alpha value is -4.91. The van der Waals surface area contributed by atoms with Gasteiger partial charge in [-0.1, -0.05) is 12.1 Å². The molecule has 2 amide bonds. The molecule has 0 saturated carbocycles. The summed E-state index contributed by atoms with van der Waals surface area (Å²) >= 11 is 0. The number of rotatable bonds is 17. The molecule has 1 aromatic heterocycles. The number of nitrogens with one attached hydrogen (secondary N) is 2. The highest BCUT2D eigenvalue weighted by Gasteiger charge is 2.54. The molecule has 340 valence electrons. The van der Waals surface area contributed by atoms with Crippen LogP contribution < -0.4 is 37.7 Å². The van der Waals surface area contributed by atoms with Crippen molar-refractivity contribution < 1.29 is 62.1 Å². The van der Waals surface area contributed by atoms with E-state index in [-0.39, 0.29) is 44.5 Å². The molecule has 2 aromatic carbocycles. The van der Waals surface area contributed by atoms with Crippen molar-refractivity contribution in [2.24, 2.45) is 11.5 Å². The van der Waals surface area contributed by atoms with Crippen LogP contribution >= 0.6 is 0 Å². The molecule has 10 N–H and O–H groups in total. The van der Waals surface area contributed by atoms with Gasteiger partial charge in [0.15, 0.2) is 12.5 Å². The monoisotopic (exact) mass is 879 g/mol. The number of anilines is 1. The van der Waals surface area contributed by atoms with E-state index in [0.29, 0.717) is 31.7 Å². The topological polar surface area (TPSA) is 277 Å². The van der Waals surface area contributed by atoms with Gasteiger partial charge in [0.1, 0.15) is 60.6 Å². The van der Waals surface area contributed by atoms with Gasteiger partial charge in [-0.15, -0.1) is 0 Å². The first-order valence-corrected chi connectivity index (χ1v) is 20.1. The lowest BCUT2D eigenvalue weighted by Crippen LogP contribution is -2.59. The number of piperidine rings is 1. The van der Waals surface area contributed by atoms with Crippen LogP contribution in [0.1, 0.15) is 43.0 Å². The Balaban J connectivity index is 1.01. The smallest absolute Gasteiger partial charge is 0.416 e. The maximum Gasteiger partial charge on any atom is 0.416 e. The molecule has 3 aliphatic rings. The molecule has 3 aromatic rings. The van der Waals surface area contributed by atoms with Crippen molar-refractivity contribution in [3.8, 4) is 5.75 Å². The number of nitrogens with two attached hydrogens (primary N) is 2. The number of aromatic nitrogens is 2. The van der Waals surface area contributed by atoms with Gasteiger partial charge in [0.25, 0.3) is 5.56 Å². The van der Waals surface area contributed by atoms with Crippen molar-refractivity contribution in [3.05, 3.63) is 92.8 Å². The summed E-state index contributed by atoms with van der Waals surface area (Å²) in [6, 6.07) is 11.9.